The molecule has 15 heavy (non-hydrogen) atoms. The molecule has 1 aromatic heterocycles. The Balaban J connectivity index is 2.79. The highest BCUT2D eigenvalue weighted by molar-refractivity contribution is 6.10. The largest absolute Gasteiger partial charge is 0.398 e. The van der Waals surface area contributed by atoms with Crippen LogP contribution in [0.3, 0.4) is 0 Å². The molecule has 0 saturated carbocycles. The van der Waals surface area contributed by atoms with Crippen LogP contribution in [0, 0.1) is 0 Å². The van der Waals surface area contributed by atoms with Gasteiger partial charge in [0.15, 0.2) is 5.78 Å². The summed E-state index contributed by atoms with van der Waals surface area (Å²) >= 11 is 0. The van der Waals surface area contributed by atoms with Gasteiger partial charge in [-0.15, -0.1) is 0 Å². The average Bonchev–Trinajstić information content (AvgIpc) is 2.28. The Hall–Kier alpha value is -1.90. The van der Waals surface area contributed by atoms with Crippen molar-refractivity contribution in [3.05, 3.63) is 36.0 Å². The van der Waals surface area contributed by atoms with Crippen molar-refractivity contribution in [3.63, 3.8) is 0 Å². The number of nitrogen functional groups attached to an aromatic ring is 1. The van der Waals surface area contributed by atoms with Crippen LogP contribution >= 0.6 is 0 Å². The van der Waals surface area contributed by atoms with E-state index in [2.05, 4.69) is 4.98 Å². The number of hydrogen-bond acceptors (Lipinski definition) is 3. The first-order valence-corrected chi connectivity index (χ1v) is 4.90. The van der Waals surface area contributed by atoms with E-state index >= 15 is 0 Å². The van der Waals surface area contributed by atoms with Crippen LogP contribution in [0.2, 0.25) is 0 Å². The molecule has 0 bridgehead atoms. The Morgan fingerprint density at radius 1 is 1.40 bits per heavy atom. The second-order valence-corrected chi connectivity index (χ2v) is 3.38. The molecule has 0 radical (unpaired) electrons. The zero-order chi connectivity index (χ0) is 10.8. The second kappa shape index (κ2) is 3.69. The minimum atomic E-state index is 0.0387. The molecule has 0 unspecified atom stereocenters. The highest BCUT2D eigenvalue weighted by Gasteiger charge is 2.12. The van der Waals surface area contributed by atoms with Crippen LogP contribution in [0.5, 0.6) is 0 Å². The first kappa shape index (κ1) is 9.65. The molecule has 0 aliphatic heterocycles. The van der Waals surface area contributed by atoms with Gasteiger partial charge >= 0.3 is 0 Å². The maximum Gasteiger partial charge on any atom is 0.166 e. The number of Topliss-reactive ketones (excluding diaryl/α,β-unsaturated/α-hetero) is 1. The van der Waals surface area contributed by atoms with Crippen molar-refractivity contribution in [3.8, 4) is 0 Å². The summed E-state index contributed by atoms with van der Waals surface area (Å²) in [6.45, 7) is 1.82. The summed E-state index contributed by atoms with van der Waals surface area (Å²) in [5, 5.41) is 0.948. The van der Waals surface area contributed by atoms with Crippen molar-refractivity contribution < 1.29 is 4.79 Å². The molecule has 3 heteroatoms. The lowest BCUT2D eigenvalue weighted by atomic mass is 10.0. The number of benzene rings is 1. The van der Waals surface area contributed by atoms with Gasteiger partial charge in [0.25, 0.3) is 0 Å². The number of rotatable bonds is 2. The van der Waals surface area contributed by atoms with Gasteiger partial charge in [0.05, 0.1) is 11.1 Å². The van der Waals surface area contributed by atoms with Crippen LogP contribution < -0.4 is 5.73 Å². The van der Waals surface area contributed by atoms with Gasteiger partial charge in [-0.25, -0.2) is 0 Å². The smallest absolute Gasteiger partial charge is 0.166 e. The minimum absolute atomic E-state index is 0.0387. The fourth-order valence-corrected chi connectivity index (χ4v) is 1.63. The van der Waals surface area contributed by atoms with Gasteiger partial charge in [0.2, 0.25) is 0 Å². The van der Waals surface area contributed by atoms with Crippen LogP contribution in [0.25, 0.3) is 10.9 Å². The number of anilines is 1. The quantitative estimate of drug-likeness (QED) is 0.598. The van der Waals surface area contributed by atoms with E-state index in [-0.39, 0.29) is 5.78 Å². The standard InChI is InChI=1S/C12H12N2O/c1-2-10(15)11-9(13)6-5-8-4-3-7-14-12(8)11/h3-7H,2,13H2,1H3. The lowest BCUT2D eigenvalue weighted by Gasteiger charge is -2.06. The lowest BCUT2D eigenvalue weighted by molar-refractivity contribution is 0.0990. The molecule has 0 saturated heterocycles. The van der Waals surface area contributed by atoms with E-state index in [1.807, 2.05) is 25.1 Å². The third-order valence-electron chi connectivity index (χ3n) is 2.41. The van der Waals surface area contributed by atoms with Crippen molar-refractivity contribution >= 4 is 22.4 Å². The SMILES string of the molecule is CCC(=O)c1c(N)ccc2cccnc12. The molecule has 1 heterocycles. The number of nitrogens with two attached hydrogens (primary N) is 1. The van der Waals surface area contributed by atoms with Gasteiger partial charge in [-0.1, -0.05) is 19.1 Å². The van der Waals surface area contributed by atoms with Gasteiger partial charge in [0.1, 0.15) is 0 Å². The van der Waals surface area contributed by atoms with Gasteiger partial charge in [-0.2, -0.15) is 0 Å². The highest BCUT2D eigenvalue weighted by atomic mass is 16.1. The molecular weight excluding hydrogens is 188 g/mol. The maximum atomic E-state index is 11.7. The third-order valence-corrected chi connectivity index (χ3v) is 2.41. The normalized spacial score (nSPS) is 10.5. The molecule has 0 fully saturated rings. The average molecular weight is 200 g/mol. The summed E-state index contributed by atoms with van der Waals surface area (Å²) in [6.07, 6.45) is 2.12. The van der Waals surface area contributed by atoms with E-state index < -0.39 is 0 Å². The maximum absolute atomic E-state index is 11.7. The predicted octanol–water partition coefficient (Wildman–Crippen LogP) is 2.41. The first-order chi connectivity index (χ1) is 7.24. The molecule has 1 aromatic carbocycles. The topological polar surface area (TPSA) is 56.0 Å². The monoisotopic (exact) mass is 200 g/mol. The Morgan fingerprint density at radius 3 is 2.93 bits per heavy atom. The third kappa shape index (κ3) is 1.56. The summed E-state index contributed by atoms with van der Waals surface area (Å²) in [7, 11) is 0. The fraction of sp³-hybridized carbons (Fsp3) is 0.167. The first-order valence-electron chi connectivity index (χ1n) is 4.90. The van der Waals surface area contributed by atoms with Crippen LogP contribution in [0.15, 0.2) is 30.5 Å². The molecule has 0 aliphatic carbocycles. The van der Waals surface area contributed by atoms with Crippen molar-refractivity contribution in [2.24, 2.45) is 0 Å². The Bertz CT molecular complexity index is 520. The molecule has 76 valence electrons. The van der Waals surface area contributed by atoms with Crippen molar-refractivity contribution in [1.82, 2.24) is 4.98 Å². The van der Waals surface area contributed by atoms with Gasteiger partial charge in [-0.05, 0) is 12.1 Å². The highest BCUT2D eigenvalue weighted by Crippen LogP contribution is 2.23. The molecular formula is C12H12N2O. The molecule has 3 nitrogen and oxygen atoms in total. The molecule has 0 atom stereocenters. The fourth-order valence-electron chi connectivity index (χ4n) is 1.63. The predicted molar refractivity (Wildman–Crippen MR) is 60.8 cm³/mol. The van der Waals surface area contributed by atoms with Gasteiger partial charge in [0, 0.05) is 23.7 Å². The molecule has 0 aliphatic rings. The number of carbonyl (C=O) groups excluding carboxylic acids is 1. The second-order valence-electron chi connectivity index (χ2n) is 3.38. The van der Waals surface area contributed by atoms with Crippen molar-refractivity contribution in [2.75, 3.05) is 5.73 Å². The van der Waals surface area contributed by atoms with Crippen molar-refractivity contribution in [1.29, 1.82) is 0 Å². The molecule has 0 spiro atoms. The Labute approximate surface area is 87.9 Å². The Morgan fingerprint density at radius 2 is 2.20 bits per heavy atom. The summed E-state index contributed by atoms with van der Waals surface area (Å²) < 4.78 is 0. The van der Waals surface area contributed by atoms with Crippen LogP contribution in [0.1, 0.15) is 23.7 Å². The van der Waals surface area contributed by atoms with Crippen molar-refractivity contribution in [2.45, 2.75) is 13.3 Å². The summed E-state index contributed by atoms with van der Waals surface area (Å²) in [6, 6.07) is 7.41. The minimum Gasteiger partial charge on any atom is -0.398 e. The number of aromatic nitrogens is 1. The number of hydrogen-bond donors (Lipinski definition) is 1. The van der Waals surface area contributed by atoms with Crippen LogP contribution in [-0.4, -0.2) is 10.8 Å². The zero-order valence-electron chi connectivity index (χ0n) is 8.53. The summed E-state index contributed by atoms with van der Waals surface area (Å²) in [4.78, 5) is 15.9. The molecule has 0 amide bonds. The summed E-state index contributed by atoms with van der Waals surface area (Å²) in [5.74, 6) is 0.0387. The molecule has 2 aromatic rings. The van der Waals surface area contributed by atoms with E-state index in [1.165, 1.54) is 0 Å². The van der Waals surface area contributed by atoms with E-state index in [0.29, 0.717) is 23.2 Å². The summed E-state index contributed by atoms with van der Waals surface area (Å²) in [5.41, 5.74) is 7.56. The number of carbonyl (C=O) groups is 1. The van der Waals surface area contributed by atoms with Crippen LogP contribution in [0.4, 0.5) is 5.69 Å². The van der Waals surface area contributed by atoms with E-state index in [1.54, 1.807) is 12.3 Å². The number of fused-ring (bicyclic) bond motifs is 1. The van der Waals surface area contributed by atoms with E-state index in [0.717, 1.165) is 5.39 Å². The molecule has 2 N–H and O–H groups in total. The van der Waals surface area contributed by atoms with Crippen LogP contribution in [-0.2, 0) is 0 Å². The lowest BCUT2D eigenvalue weighted by Crippen LogP contribution is -2.04. The van der Waals surface area contributed by atoms with Gasteiger partial charge < -0.3 is 5.73 Å². The Kier molecular flexibility index (Phi) is 2.37. The number of ketones is 1. The van der Waals surface area contributed by atoms with E-state index in [9.17, 15) is 4.79 Å². The van der Waals surface area contributed by atoms with Gasteiger partial charge in [-0.3, -0.25) is 9.78 Å². The number of pyridine rings is 1. The molecule has 2 rings (SSSR count). The zero-order valence-corrected chi connectivity index (χ0v) is 8.53. The number of nitrogens with zero attached hydrogens (tertiary/aromatic N) is 1. The van der Waals surface area contributed by atoms with E-state index in [4.69, 9.17) is 5.73 Å².